The molecule has 0 radical (unpaired) electrons. The van der Waals surface area contributed by atoms with Crippen LogP contribution < -0.4 is 10.6 Å². The lowest BCUT2D eigenvalue weighted by atomic mass is 9.89. The van der Waals surface area contributed by atoms with Crippen LogP contribution >= 0.6 is 0 Å². The average Bonchev–Trinajstić information content (AvgIpc) is 3.63. The van der Waals surface area contributed by atoms with E-state index in [0.29, 0.717) is 45.0 Å². The predicted octanol–water partition coefficient (Wildman–Crippen LogP) is 3.27. The van der Waals surface area contributed by atoms with Gasteiger partial charge in [0.1, 0.15) is 23.6 Å². The summed E-state index contributed by atoms with van der Waals surface area (Å²) < 4.78 is 51.7. The molecule has 2 amide bonds. The molecule has 1 aromatic heterocycles. The molecular weight excluding hydrogens is 563 g/mol. The highest BCUT2D eigenvalue weighted by Gasteiger charge is 2.40. The monoisotopic (exact) mass is 601 g/mol. The molecule has 5 rings (SSSR count). The number of nitrogens with zero attached hydrogens (tertiary/aromatic N) is 3. The van der Waals surface area contributed by atoms with E-state index in [1.165, 1.54) is 0 Å². The number of amides is 2. The van der Waals surface area contributed by atoms with Gasteiger partial charge in [-0.05, 0) is 42.5 Å². The second kappa shape index (κ2) is 14.3. The van der Waals surface area contributed by atoms with Crippen molar-refractivity contribution in [2.24, 2.45) is 11.8 Å². The van der Waals surface area contributed by atoms with Crippen molar-refractivity contribution in [3.05, 3.63) is 77.8 Å². The Balaban J connectivity index is 1.62. The number of rotatable bonds is 11. The van der Waals surface area contributed by atoms with Crippen LogP contribution in [-0.2, 0) is 11.3 Å². The number of aliphatic hydroxyl groups excluding tert-OH is 2. The molecule has 2 aromatic carbocycles. The number of carbonyl (C=O) groups excluding carboxylic acids is 1. The topological polar surface area (TPSA) is 112 Å². The first-order chi connectivity index (χ1) is 20.8. The highest BCUT2D eigenvalue weighted by Crippen LogP contribution is 2.38. The largest absolute Gasteiger partial charge is 0.394 e. The fourth-order valence-electron chi connectivity index (χ4n) is 5.86. The van der Waals surface area contributed by atoms with Crippen molar-refractivity contribution in [2.75, 3.05) is 46.0 Å². The molecule has 3 aromatic rings. The van der Waals surface area contributed by atoms with Crippen molar-refractivity contribution >= 4 is 6.03 Å². The van der Waals surface area contributed by atoms with Gasteiger partial charge in [-0.25, -0.2) is 22.9 Å². The van der Waals surface area contributed by atoms with Gasteiger partial charge < -0.3 is 35.1 Å². The zero-order chi connectivity index (χ0) is 30.3. The van der Waals surface area contributed by atoms with Gasteiger partial charge in [-0.1, -0.05) is 30.3 Å². The maximum atomic E-state index is 15.0. The Morgan fingerprint density at radius 1 is 1.16 bits per heavy atom. The molecule has 2 saturated heterocycles. The molecule has 232 valence electrons. The Morgan fingerprint density at radius 3 is 2.63 bits per heavy atom. The molecule has 4 atom stereocenters. The van der Waals surface area contributed by atoms with Crippen molar-refractivity contribution in [3.8, 4) is 11.3 Å². The van der Waals surface area contributed by atoms with Gasteiger partial charge in [-0.3, -0.25) is 0 Å². The van der Waals surface area contributed by atoms with E-state index < -0.39 is 48.5 Å². The Morgan fingerprint density at radius 2 is 1.93 bits per heavy atom. The van der Waals surface area contributed by atoms with Gasteiger partial charge in [0.05, 0.1) is 24.4 Å². The Labute approximate surface area is 248 Å². The van der Waals surface area contributed by atoms with Crippen molar-refractivity contribution in [1.29, 1.82) is 0 Å². The molecule has 0 spiro atoms. The molecule has 12 heteroatoms. The number of aromatic nitrogens is 2. The Hall–Kier alpha value is -3.45. The number of hydrogen-bond donors (Lipinski definition) is 4. The lowest BCUT2D eigenvalue weighted by Crippen LogP contribution is -2.50. The molecule has 0 aliphatic carbocycles. The second-order valence-electron chi connectivity index (χ2n) is 11.2. The van der Waals surface area contributed by atoms with E-state index in [4.69, 9.17) is 9.72 Å². The molecule has 0 bridgehead atoms. The number of alkyl halides is 1. The van der Waals surface area contributed by atoms with E-state index in [2.05, 4.69) is 10.6 Å². The summed E-state index contributed by atoms with van der Waals surface area (Å²) in [4.78, 5) is 20.3. The first-order valence-electron chi connectivity index (χ1n) is 14.7. The van der Waals surface area contributed by atoms with Crippen LogP contribution in [0.15, 0.2) is 54.7 Å². The van der Waals surface area contributed by atoms with Crippen LogP contribution in [0.3, 0.4) is 0 Å². The lowest BCUT2D eigenvalue weighted by Gasteiger charge is -2.40. The lowest BCUT2D eigenvalue weighted by molar-refractivity contribution is 0.0249. The van der Waals surface area contributed by atoms with E-state index in [1.54, 1.807) is 11.1 Å². The predicted molar refractivity (Wildman–Crippen MR) is 154 cm³/mol. The summed E-state index contributed by atoms with van der Waals surface area (Å²) in [6.07, 6.45) is 0.508. The van der Waals surface area contributed by atoms with Gasteiger partial charge in [-0.15, -0.1) is 0 Å². The minimum absolute atomic E-state index is 0.00956. The number of nitrogens with one attached hydrogen (secondary N) is 2. The number of urea groups is 1. The van der Waals surface area contributed by atoms with Crippen LogP contribution in [0.25, 0.3) is 11.3 Å². The normalized spacial score (nSPS) is 20.6. The average molecular weight is 602 g/mol. The zero-order valence-corrected chi connectivity index (χ0v) is 23.8. The molecule has 4 N–H and O–H groups in total. The second-order valence-corrected chi connectivity index (χ2v) is 11.2. The molecule has 43 heavy (non-hydrogen) atoms. The smallest absolute Gasteiger partial charge is 0.318 e. The summed E-state index contributed by atoms with van der Waals surface area (Å²) in [7, 11) is 0. The number of hydrogen-bond acceptors (Lipinski definition) is 6. The Kier molecular flexibility index (Phi) is 10.3. The molecule has 3 heterocycles. The number of halogens is 3. The summed E-state index contributed by atoms with van der Waals surface area (Å²) in [5.41, 5.74) is 1.13. The van der Waals surface area contributed by atoms with Gasteiger partial charge >= 0.3 is 6.03 Å². The fourth-order valence-corrected chi connectivity index (χ4v) is 5.86. The van der Waals surface area contributed by atoms with Gasteiger partial charge in [0.25, 0.3) is 0 Å². The Bertz CT molecular complexity index is 1350. The quantitative estimate of drug-likeness (QED) is 0.269. The molecule has 2 fully saturated rings. The first kappa shape index (κ1) is 31.0. The van der Waals surface area contributed by atoms with Crippen LogP contribution in [0.5, 0.6) is 0 Å². The molecule has 2 aliphatic rings. The highest BCUT2D eigenvalue weighted by atomic mass is 19.1. The van der Waals surface area contributed by atoms with Crippen LogP contribution in [0.1, 0.15) is 30.3 Å². The van der Waals surface area contributed by atoms with Gasteiger partial charge in [-0.2, -0.15) is 0 Å². The highest BCUT2D eigenvalue weighted by molar-refractivity contribution is 5.75. The standard InChI is InChI=1S/C31H38F3N5O4/c32-23-6-7-26(33)25(12-23)28-18-38(16-20-4-2-1-3-5-20)30(37-28)29(21-8-10-43-11-9-21)39(17-22-13-35-15-27(22)34)31(42)36-14-24(41)19-40/h1-7,12,18,21-22,24,27,29,35,40-41H,8-11,13-17,19H2,(H,36,42)/t22-,24+,27-,29+/m0/s1. The number of benzene rings is 2. The maximum Gasteiger partial charge on any atom is 0.318 e. The number of aliphatic hydroxyl groups is 2. The molecular formula is C31H38F3N5O4. The van der Waals surface area contributed by atoms with E-state index in [1.807, 2.05) is 34.9 Å². The number of imidazole rings is 1. The summed E-state index contributed by atoms with van der Waals surface area (Å²) >= 11 is 0. The van der Waals surface area contributed by atoms with E-state index in [9.17, 15) is 28.2 Å². The first-order valence-corrected chi connectivity index (χ1v) is 14.7. The number of ether oxygens (including phenoxy) is 1. The van der Waals surface area contributed by atoms with Crippen LogP contribution in [0.4, 0.5) is 18.0 Å². The third-order valence-corrected chi connectivity index (χ3v) is 8.17. The third kappa shape index (κ3) is 7.56. The summed E-state index contributed by atoms with van der Waals surface area (Å²) in [5, 5.41) is 25.0. The van der Waals surface area contributed by atoms with E-state index >= 15 is 0 Å². The van der Waals surface area contributed by atoms with Gasteiger partial charge in [0.15, 0.2) is 0 Å². The molecule has 0 saturated carbocycles. The fraction of sp³-hybridized carbons (Fsp3) is 0.484. The summed E-state index contributed by atoms with van der Waals surface area (Å²) in [5.74, 6) is -1.42. The van der Waals surface area contributed by atoms with Crippen molar-refractivity contribution in [2.45, 2.75) is 37.7 Å². The molecule has 9 nitrogen and oxygen atoms in total. The van der Waals surface area contributed by atoms with Gasteiger partial charge in [0, 0.05) is 63.6 Å². The zero-order valence-electron chi connectivity index (χ0n) is 23.8. The van der Waals surface area contributed by atoms with Crippen LogP contribution in [0.2, 0.25) is 0 Å². The minimum atomic E-state index is -1.17. The van der Waals surface area contributed by atoms with E-state index in [0.717, 1.165) is 23.8 Å². The molecule has 2 aliphatic heterocycles. The van der Waals surface area contributed by atoms with Crippen LogP contribution in [-0.4, -0.2) is 89.0 Å². The van der Waals surface area contributed by atoms with Gasteiger partial charge in [0.2, 0.25) is 0 Å². The summed E-state index contributed by atoms with van der Waals surface area (Å²) in [6, 6.07) is 11.5. The summed E-state index contributed by atoms with van der Waals surface area (Å²) in [6.45, 7) is 1.14. The minimum Gasteiger partial charge on any atom is -0.394 e. The maximum absolute atomic E-state index is 15.0. The number of carbonyl (C=O) groups is 1. The molecule has 0 unspecified atom stereocenters. The van der Waals surface area contributed by atoms with Crippen molar-refractivity contribution in [1.82, 2.24) is 25.1 Å². The van der Waals surface area contributed by atoms with Crippen LogP contribution in [0, 0.1) is 23.5 Å². The van der Waals surface area contributed by atoms with Crippen molar-refractivity contribution < 1.29 is 32.9 Å². The van der Waals surface area contributed by atoms with E-state index in [-0.39, 0.29) is 36.8 Å². The van der Waals surface area contributed by atoms with Crippen molar-refractivity contribution in [3.63, 3.8) is 0 Å². The third-order valence-electron chi connectivity index (χ3n) is 8.17. The SMILES string of the molecule is O=C(NC[C@@H](O)CO)N(C[C@@H]1CNC[C@@H]1F)[C@@H](c1nc(-c2cc(F)ccc2F)cn1Cc1ccccc1)C1CCOCC1.